The highest BCUT2D eigenvalue weighted by Gasteiger charge is 2.23. The molecule has 124 valence electrons. The van der Waals surface area contributed by atoms with Crippen molar-refractivity contribution in [2.45, 2.75) is 39.2 Å². The number of amides is 1. The number of nitrogens with zero attached hydrogens (tertiary/aromatic N) is 3. The Morgan fingerprint density at radius 1 is 1.18 bits per heavy atom. The van der Waals surface area contributed by atoms with Crippen LogP contribution < -0.4 is 0 Å². The molecule has 0 bridgehead atoms. The van der Waals surface area contributed by atoms with Crippen LogP contribution in [-0.4, -0.2) is 64.7 Å². The smallest absolute Gasteiger partial charge is 0.255 e. The van der Waals surface area contributed by atoms with Crippen LogP contribution in [0.3, 0.4) is 0 Å². The van der Waals surface area contributed by atoms with Crippen LogP contribution in [0, 0.1) is 0 Å². The van der Waals surface area contributed by atoms with E-state index in [-0.39, 0.29) is 18.1 Å². The van der Waals surface area contributed by atoms with E-state index >= 15 is 0 Å². The average Bonchev–Trinajstić information content (AvgIpc) is 2.97. The van der Waals surface area contributed by atoms with Gasteiger partial charge in [0.25, 0.3) is 5.91 Å². The van der Waals surface area contributed by atoms with Crippen molar-refractivity contribution in [2.24, 2.45) is 0 Å². The van der Waals surface area contributed by atoms with Crippen LogP contribution in [0.15, 0.2) is 18.5 Å². The largest absolute Gasteiger partial charge is 0.396 e. The summed E-state index contributed by atoms with van der Waals surface area (Å²) in [4.78, 5) is 16.9. The van der Waals surface area contributed by atoms with Crippen LogP contribution >= 0.6 is 0 Å². The molecule has 1 aliphatic heterocycles. The Morgan fingerprint density at radius 2 is 1.86 bits per heavy atom. The number of unbranched alkanes of at least 4 members (excludes halogenated alkanes) is 1. The fraction of sp³-hybridized carbons (Fsp3) is 0.706. The molecule has 1 saturated heterocycles. The number of aromatic nitrogens is 1. The van der Waals surface area contributed by atoms with E-state index in [0.29, 0.717) is 0 Å². The molecule has 0 saturated carbocycles. The van der Waals surface area contributed by atoms with Crippen molar-refractivity contribution in [1.29, 1.82) is 0 Å². The van der Waals surface area contributed by atoms with Crippen molar-refractivity contribution in [1.82, 2.24) is 14.4 Å². The van der Waals surface area contributed by atoms with Crippen LogP contribution in [0.25, 0.3) is 0 Å². The number of hydrogen-bond donors (Lipinski definition) is 1. The maximum Gasteiger partial charge on any atom is 0.255 e. The van der Waals surface area contributed by atoms with Crippen molar-refractivity contribution in [3.05, 3.63) is 24.0 Å². The van der Waals surface area contributed by atoms with Gasteiger partial charge in [0, 0.05) is 50.7 Å². The minimum Gasteiger partial charge on any atom is -0.396 e. The third-order valence-electron chi connectivity index (χ3n) is 4.26. The molecule has 22 heavy (non-hydrogen) atoms. The van der Waals surface area contributed by atoms with Gasteiger partial charge in [-0.25, -0.2) is 0 Å². The number of carbonyl (C=O) groups excluding carboxylic acids is 1. The van der Waals surface area contributed by atoms with E-state index < -0.39 is 0 Å². The monoisotopic (exact) mass is 307 g/mol. The maximum absolute atomic E-state index is 12.6. The quantitative estimate of drug-likeness (QED) is 0.844. The first kappa shape index (κ1) is 17.0. The SMILES string of the molecule is CC(C)(C)n1ccc(C(=O)N2CCN(CCCCO)CC2)c1. The average molecular weight is 307 g/mol. The highest BCUT2D eigenvalue weighted by atomic mass is 16.2. The van der Waals surface area contributed by atoms with Crippen LogP contribution in [0.1, 0.15) is 44.0 Å². The Labute approximate surface area is 133 Å². The predicted molar refractivity (Wildman–Crippen MR) is 88.1 cm³/mol. The lowest BCUT2D eigenvalue weighted by atomic mass is 10.1. The van der Waals surface area contributed by atoms with Gasteiger partial charge in [0.15, 0.2) is 0 Å². The molecule has 5 nitrogen and oxygen atoms in total. The van der Waals surface area contributed by atoms with Gasteiger partial charge in [-0.15, -0.1) is 0 Å². The Hall–Kier alpha value is -1.33. The zero-order chi connectivity index (χ0) is 16.2. The molecule has 2 heterocycles. The van der Waals surface area contributed by atoms with Crippen LogP contribution in [0.4, 0.5) is 0 Å². The lowest BCUT2D eigenvalue weighted by Gasteiger charge is -2.34. The van der Waals surface area contributed by atoms with Crippen LogP contribution in [0.2, 0.25) is 0 Å². The number of hydrogen-bond acceptors (Lipinski definition) is 3. The summed E-state index contributed by atoms with van der Waals surface area (Å²) in [7, 11) is 0. The molecule has 1 amide bonds. The first-order chi connectivity index (χ1) is 10.4. The molecule has 1 N–H and O–H groups in total. The van der Waals surface area contributed by atoms with Crippen molar-refractivity contribution in [2.75, 3.05) is 39.3 Å². The molecule has 0 spiro atoms. The molecule has 0 aliphatic carbocycles. The molecule has 0 unspecified atom stereocenters. The van der Waals surface area contributed by atoms with Crippen molar-refractivity contribution in [3.8, 4) is 0 Å². The van der Waals surface area contributed by atoms with E-state index in [1.165, 1.54) is 0 Å². The van der Waals surface area contributed by atoms with Gasteiger partial charge in [0.1, 0.15) is 0 Å². The first-order valence-electron chi connectivity index (χ1n) is 8.23. The van der Waals surface area contributed by atoms with E-state index in [4.69, 9.17) is 5.11 Å². The number of rotatable bonds is 5. The molecule has 2 rings (SSSR count). The Bertz CT molecular complexity index is 482. The lowest BCUT2D eigenvalue weighted by molar-refractivity contribution is 0.0634. The second-order valence-corrected chi connectivity index (χ2v) is 7.04. The summed E-state index contributed by atoms with van der Waals surface area (Å²) >= 11 is 0. The van der Waals surface area contributed by atoms with Gasteiger partial charge in [0.05, 0.1) is 5.56 Å². The van der Waals surface area contributed by atoms with Crippen molar-refractivity contribution in [3.63, 3.8) is 0 Å². The molecule has 0 atom stereocenters. The molecular weight excluding hydrogens is 278 g/mol. The zero-order valence-electron chi connectivity index (χ0n) is 14.1. The fourth-order valence-electron chi connectivity index (χ4n) is 2.74. The summed E-state index contributed by atoms with van der Waals surface area (Å²) in [5.74, 6) is 0.137. The summed E-state index contributed by atoms with van der Waals surface area (Å²) in [6.45, 7) is 11.1. The van der Waals surface area contributed by atoms with Gasteiger partial charge in [-0.1, -0.05) is 0 Å². The van der Waals surface area contributed by atoms with E-state index in [2.05, 4.69) is 30.2 Å². The molecule has 0 radical (unpaired) electrons. The Balaban J connectivity index is 1.86. The number of carbonyl (C=O) groups is 1. The molecule has 0 aromatic carbocycles. The lowest BCUT2D eigenvalue weighted by Crippen LogP contribution is -2.48. The van der Waals surface area contributed by atoms with Gasteiger partial charge in [-0.05, 0) is 46.2 Å². The van der Waals surface area contributed by atoms with Gasteiger partial charge in [-0.3, -0.25) is 9.69 Å². The molecular formula is C17H29N3O2. The second kappa shape index (κ2) is 7.29. The first-order valence-corrected chi connectivity index (χ1v) is 8.23. The van der Waals surface area contributed by atoms with Crippen LogP contribution in [0.5, 0.6) is 0 Å². The Morgan fingerprint density at radius 3 is 2.41 bits per heavy atom. The van der Waals surface area contributed by atoms with E-state index in [0.717, 1.165) is 51.1 Å². The molecule has 5 heteroatoms. The summed E-state index contributed by atoms with van der Waals surface area (Å²) in [6, 6.07) is 1.92. The predicted octanol–water partition coefficient (Wildman–Crippen LogP) is 1.77. The number of aliphatic hydroxyl groups is 1. The second-order valence-electron chi connectivity index (χ2n) is 7.04. The molecule has 1 aromatic heterocycles. The minimum atomic E-state index is 0.00390. The van der Waals surface area contributed by atoms with Gasteiger partial charge < -0.3 is 14.6 Å². The highest BCUT2D eigenvalue weighted by Crippen LogP contribution is 2.17. The number of aliphatic hydroxyl groups excluding tert-OH is 1. The zero-order valence-corrected chi connectivity index (χ0v) is 14.1. The summed E-state index contributed by atoms with van der Waals surface area (Å²) < 4.78 is 2.09. The number of piperazine rings is 1. The normalized spacial score (nSPS) is 17.0. The summed E-state index contributed by atoms with van der Waals surface area (Å²) in [5, 5.41) is 8.82. The van der Waals surface area contributed by atoms with Gasteiger partial charge >= 0.3 is 0 Å². The van der Waals surface area contributed by atoms with E-state index in [1.54, 1.807) is 0 Å². The third-order valence-corrected chi connectivity index (χ3v) is 4.26. The topological polar surface area (TPSA) is 48.7 Å². The van der Waals surface area contributed by atoms with Crippen LogP contribution in [-0.2, 0) is 5.54 Å². The Kier molecular flexibility index (Phi) is 5.64. The molecule has 1 fully saturated rings. The molecule has 1 aromatic rings. The van der Waals surface area contributed by atoms with E-state index in [1.807, 2.05) is 23.4 Å². The maximum atomic E-state index is 12.6. The third kappa shape index (κ3) is 4.34. The highest BCUT2D eigenvalue weighted by molar-refractivity contribution is 5.94. The van der Waals surface area contributed by atoms with E-state index in [9.17, 15) is 4.79 Å². The standard InChI is InChI=1S/C17H29N3O2/c1-17(2,3)20-8-6-15(14-20)16(22)19-11-9-18(10-12-19)7-4-5-13-21/h6,8,14,21H,4-5,7,9-13H2,1-3H3. The summed E-state index contributed by atoms with van der Waals surface area (Å²) in [6.07, 6.45) is 5.83. The van der Waals surface area contributed by atoms with Crippen molar-refractivity contribution < 1.29 is 9.90 Å². The van der Waals surface area contributed by atoms with Crippen molar-refractivity contribution >= 4 is 5.91 Å². The summed E-state index contributed by atoms with van der Waals surface area (Å²) in [5.41, 5.74) is 0.785. The molecule has 1 aliphatic rings. The van der Waals surface area contributed by atoms with Gasteiger partial charge in [0.2, 0.25) is 0 Å². The fourth-order valence-corrected chi connectivity index (χ4v) is 2.74. The minimum absolute atomic E-state index is 0.00390. The van der Waals surface area contributed by atoms with Gasteiger partial charge in [-0.2, -0.15) is 0 Å².